The summed E-state index contributed by atoms with van der Waals surface area (Å²) in [7, 11) is 0. The van der Waals surface area contributed by atoms with E-state index in [4.69, 9.17) is 9.83 Å². The SMILES string of the molecule is CC(C)[NH+]1CC=C2C(C#N)C(=N)C(C#N)(C#N)[C@H](c3ccoc3)[C@H]2C1. The van der Waals surface area contributed by atoms with Gasteiger partial charge >= 0.3 is 0 Å². The highest BCUT2D eigenvalue weighted by molar-refractivity contribution is 6.00. The molecule has 0 saturated heterocycles. The molecule has 1 aliphatic carbocycles. The molecule has 1 fully saturated rings. The van der Waals surface area contributed by atoms with Crippen LogP contribution in [0.2, 0.25) is 0 Å². The molecule has 1 aromatic heterocycles. The monoisotopic (exact) mass is 334 g/mol. The third-order valence-corrected chi connectivity index (χ3v) is 5.63. The number of quaternary nitrogens is 1. The normalized spacial score (nSPS) is 30.6. The van der Waals surface area contributed by atoms with Gasteiger partial charge in [-0.2, -0.15) is 15.8 Å². The average Bonchev–Trinajstić information content (AvgIpc) is 3.14. The first-order valence-corrected chi connectivity index (χ1v) is 8.37. The van der Waals surface area contributed by atoms with Crippen molar-refractivity contribution in [1.29, 1.82) is 21.2 Å². The fourth-order valence-electron chi connectivity index (χ4n) is 4.22. The Morgan fingerprint density at radius 3 is 2.56 bits per heavy atom. The standard InChI is InChI=1S/C19H19N5O/c1-12(2)24-5-3-14-15(7-20)18(23)19(10-21,11-22)17(16(14)8-24)13-4-6-25-9-13/h3-4,6,9,12,15-17,23H,5,8H2,1-2H3/p+1/t15?,16-,17+/m0/s1. The van der Waals surface area contributed by atoms with Crippen LogP contribution in [0.3, 0.4) is 0 Å². The first-order chi connectivity index (χ1) is 12.0. The van der Waals surface area contributed by atoms with Gasteiger partial charge in [0.05, 0.1) is 55.6 Å². The molecule has 2 unspecified atom stereocenters. The van der Waals surface area contributed by atoms with Gasteiger partial charge < -0.3 is 14.7 Å². The lowest BCUT2D eigenvalue weighted by Gasteiger charge is -2.46. The smallest absolute Gasteiger partial charge is 0.190 e. The first-order valence-electron chi connectivity index (χ1n) is 8.37. The molecule has 4 atom stereocenters. The summed E-state index contributed by atoms with van der Waals surface area (Å²) in [4.78, 5) is 1.34. The van der Waals surface area contributed by atoms with Gasteiger partial charge in [-0.1, -0.05) is 0 Å². The zero-order valence-corrected chi connectivity index (χ0v) is 14.3. The van der Waals surface area contributed by atoms with Crippen molar-refractivity contribution in [3.05, 3.63) is 35.8 Å². The number of hydrogen-bond acceptors (Lipinski definition) is 5. The molecule has 0 amide bonds. The summed E-state index contributed by atoms with van der Waals surface area (Å²) in [5.74, 6) is -1.44. The maximum atomic E-state index is 9.88. The van der Waals surface area contributed by atoms with Crippen LogP contribution in [0.4, 0.5) is 0 Å². The first kappa shape index (κ1) is 17.0. The predicted molar refractivity (Wildman–Crippen MR) is 89.3 cm³/mol. The average molecular weight is 334 g/mol. The Balaban J connectivity index is 2.21. The minimum atomic E-state index is -1.65. The summed E-state index contributed by atoms with van der Waals surface area (Å²) in [6.07, 6.45) is 5.11. The number of nitrogens with one attached hydrogen (secondary N) is 2. The highest BCUT2D eigenvalue weighted by Gasteiger charge is 2.59. The highest BCUT2D eigenvalue weighted by atomic mass is 16.3. The maximum absolute atomic E-state index is 9.88. The van der Waals surface area contributed by atoms with Gasteiger partial charge in [0, 0.05) is 11.8 Å². The van der Waals surface area contributed by atoms with Gasteiger partial charge in [-0.15, -0.1) is 0 Å². The van der Waals surface area contributed by atoms with E-state index < -0.39 is 17.3 Å². The van der Waals surface area contributed by atoms with Crippen LogP contribution in [-0.2, 0) is 0 Å². The fraction of sp³-hybridized carbons (Fsp3) is 0.474. The Kier molecular flexibility index (Phi) is 4.21. The molecule has 1 aliphatic heterocycles. The topological polar surface area (TPSA) is 113 Å². The van der Waals surface area contributed by atoms with Crippen molar-refractivity contribution < 1.29 is 9.32 Å². The summed E-state index contributed by atoms with van der Waals surface area (Å²) >= 11 is 0. The van der Waals surface area contributed by atoms with Crippen molar-refractivity contribution >= 4 is 5.71 Å². The third kappa shape index (κ3) is 2.37. The molecule has 0 bridgehead atoms. The second kappa shape index (κ2) is 6.20. The molecule has 6 nitrogen and oxygen atoms in total. The number of nitriles is 3. The van der Waals surface area contributed by atoms with Crippen LogP contribution in [0.5, 0.6) is 0 Å². The zero-order valence-electron chi connectivity index (χ0n) is 14.3. The lowest BCUT2D eigenvalue weighted by molar-refractivity contribution is -0.920. The van der Waals surface area contributed by atoms with Gasteiger partial charge in [0.1, 0.15) is 5.92 Å². The van der Waals surface area contributed by atoms with E-state index in [-0.39, 0.29) is 11.6 Å². The van der Waals surface area contributed by atoms with E-state index in [1.807, 2.05) is 6.08 Å². The third-order valence-electron chi connectivity index (χ3n) is 5.63. The molecule has 126 valence electrons. The molecule has 2 aliphatic rings. The van der Waals surface area contributed by atoms with Gasteiger partial charge in [-0.25, -0.2) is 0 Å². The number of nitrogens with zero attached hydrogens (tertiary/aromatic N) is 3. The van der Waals surface area contributed by atoms with Gasteiger partial charge in [0.15, 0.2) is 5.41 Å². The predicted octanol–water partition coefficient (Wildman–Crippen LogP) is 1.42. The minimum absolute atomic E-state index is 0.110. The van der Waals surface area contributed by atoms with Crippen molar-refractivity contribution in [2.24, 2.45) is 17.3 Å². The van der Waals surface area contributed by atoms with E-state index in [0.29, 0.717) is 6.04 Å². The molecular weight excluding hydrogens is 314 g/mol. The Bertz CT molecular complexity index is 817. The van der Waals surface area contributed by atoms with Crippen LogP contribution in [0.25, 0.3) is 0 Å². The number of hydrogen-bond donors (Lipinski definition) is 2. The van der Waals surface area contributed by atoms with E-state index >= 15 is 0 Å². The van der Waals surface area contributed by atoms with Crippen LogP contribution in [0.1, 0.15) is 25.3 Å². The molecule has 1 saturated carbocycles. The summed E-state index contributed by atoms with van der Waals surface area (Å²) in [5, 5.41) is 37.9. The number of rotatable bonds is 2. The van der Waals surface area contributed by atoms with E-state index in [1.54, 1.807) is 12.3 Å². The van der Waals surface area contributed by atoms with Crippen molar-refractivity contribution in [3.8, 4) is 18.2 Å². The molecule has 1 aromatic rings. The molecule has 2 heterocycles. The Hall–Kier alpha value is -2.88. The molecule has 3 rings (SSSR count). The quantitative estimate of drug-likeness (QED) is 0.796. The molecule has 0 spiro atoms. The van der Waals surface area contributed by atoms with E-state index in [9.17, 15) is 15.8 Å². The van der Waals surface area contributed by atoms with Crippen LogP contribution < -0.4 is 4.90 Å². The van der Waals surface area contributed by atoms with Crippen LogP contribution >= 0.6 is 0 Å². The second-order valence-corrected chi connectivity index (χ2v) is 7.07. The lowest BCUT2D eigenvalue weighted by atomic mass is 9.54. The highest BCUT2D eigenvalue weighted by Crippen LogP contribution is 2.52. The lowest BCUT2D eigenvalue weighted by Crippen LogP contribution is -3.16. The van der Waals surface area contributed by atoms with Crippen LogP contribution in [0.15, 0.2) is 34.7 Å². The molecule has 6 heteroatoms. The van der Waals surface area contributed by atoms with Crippen LogP contribution in [0, 0.1) is 56.7 Å². The largest absolute Gasteiger partial charge is 0.472 e. The van der Waals surface area contributed by atoms with Gasteiger partial charge in [0.2, 0.25) is 0 Å². The van der Waals surface area contributed by atoms with Crippen molar-refractivity contribution in [3.63, 3.8) is 0 Å². The summed E-state index contributed by atoms with van der Waals surface area (Å²) in [6, 6.07) is 8.47. The molecule has 0 aromatic carbocycles. The Morgan fingerprint density at radius 2 is 2.04 bits per heavy atom. The summed E-state index contributed by atoms with van der Waals surface area (Å²) in [6.45, 7) is 5.79. The molecule has 0 radical (unpaired) electrons. The minimum Gasteiger partial charge on any atom is -0.472 e. The Labute approximate surface area is 147 Å². The van der Waals surface area contributed by atoms with Crippen LogP contribution in [-0.4, -0.2) is 24.8 Å². The summed E-state index contributed by atoms with van der Waals surface area (Å²) in [5.41, 5.74) is -0.137. The molecular formula is C19H20N5O+. The maximum Gasteiger partial charge on any atom is 0.190 e. The van der Waals surface area contributed by atoms with E-state index in [1.165, 1.54) is 11.2 Å². The second-order valence-electron chi connectivity index (χ2n) is 7.07. The Morgan fingerprint density at radius 1 is 1.32 bits per heavy atom. The van der Waals surface area contributed by atoms with Gasteiger partial charge in [-0.05, 0) is 37.1 Å². The number of furan rings is 1. The van der Waals surface area contributed by atoms with Gasteiger partial charge in [0.25, 0.3) is 0 Å². The molecule has 2 N–H and O–H groups in total. The zero-order chi connectivity index (χ0) is 18.2. The van der Waals surface area contributed by atoms with Gasteiger partial charge in [-0.3, -0.25) is 0 Å². The van der Waals surface area contributed by atoms with Crippen molar-refractivity contribution in [2.75, 3.05) is 13.1 Å². The van der Waals surface area contributed by atoms with Crippen molar-refractivity contribution in [1.82, 2.24) is 0 Å². The van der Waals surface area contributed by atoms with E-state index in [0.717, 1.165) is 24.2 Å². The fourth-order valence-corrected chi connectivity index (χ4v) is 4.22. The van der Waals surface area contributed by atoms with Crippen molar-refractivity contribution in [2.45, 2.75) is 25.8 Å². The number of fused-ring (bicyclic) bond motifs is 1. The summed E-state index contributed by atoms with van der Waals surface area (Å²) < 4.78 is 5.21. The van der Waals surface area contributed by atoms with E-state index in [2.05, 4.69) is 32.1 Å². The molecule has 25 heavy (non-hydrogen) atoms.